The number of likely N-dealkylation sites (N-methyl/N-ethyl adjacent to an activating group) is 1. The Labute approximate surface area is 219 Å². The molecule has 1 aliphatic rings. The first-order valence-electron chi connectivity index (χ1n) is 11.8. The highest BCUT2D eigenvalue weighted by Gasteiger charge is 2.24. The van der Waals surface area contributed by atoms with Gasteiger partial charge in [0.15, 0.2) is 11.0 Å². The number of piperazine rings is 1. The smallest absolute Gasteiger partial charge is 0.195 e. The molecule has 0 bridgehead atoms. The number of ether oxygens (including phenoxy) is 1. The summed E-state index contributed by atoms with van der Waals surface area (Å²) in [6.45, 7) is 3.57. The third kappa shape index (κ3) is 4.67. The van der Waals surface area contributed by atoms with Crippen LogP contribution < -0.4 is 21.1 Å². The number of nitrogen functional groups attached to an aromatic ring is 2. The maximum atomic E-state index is 13.6. The van der Waals surface area contributed by atoms with E-state index in [2.05, 4.69) is 32.0 Å². The molecule has 0 aliphatic carbocycles. The Morgan fingerprint density at radius 2 is 1.70 bits per heavy atom. The number of pyridine rings is 1. The molecule has 4 N–H and O–H groups in total. The van der Waals surface area contributed by atoms with Crippen LogP contribution >= 0.6 is 11.8 Å². The van der Waals surface area contributed by atoms with E-state index in [1.54, 1.807) is 25.4 Å². The Bertz CT molecular complexity index is 1420. The highest BCUT2D eigenvalue weighted by molar-refractivity contribution is 7.98. The third-order valence-corrected chi connectivity index (χ3v) is 7.22. The van der Waals surface area contributed by atoms with Crippen LogP contribution in [0, 0.1) is 5.82 Å². The minimum absolute atomic E-state index is 0.314. The summed E-state index contributed by atoms with van der Waals surface area (Å²) in [5.41, 5.74) is 17.9. The largest absolute Gasteiger partial charge is 0.494 e. The first kappa shape index (κ1) is 24.8. The number of halogens is 1. The van der Waals surface area contributed by atoms with E-state index in [1.165, 1.54) is 23.9 Å². The Balaban J connectivity index is 1.64. The van der Waals surface area contributed by atoms with E-state index in [9.17, 15) is 4.39 Å². The zero-order chi connectivity index (χ0) is 26.1. The Morgan fingerprint density at radius 3 is 2.38 bits per heavy atom. The maximum Gasteiger partial charge on any atom is 0.195 e. The van der Waals surface area contributed by atoms with Crippen LogP contribution in [0.25, 0.3) is 28.3 Å². The maximum absolute atomic E-state index is 13.6. The first-order chi connectivity index (χ1) is 17.9. The highest BCUT2D eigenvalue weighted by Crippen LogP contribution is 2.44. The topological polar surface area (TPSA) is 111 Å². The predicted octanol–water partition coefficient (Wildman–Crippen LogP) is 3.78. The van der Waals surface area contributed by atoms with Gasteiger partial charge >= 0.3 is 0 Å². The van der Waals surface area contributed by atoms with E-state index >= 15 is 0 Å². The van der Waals surface area contributed by atoms with Gasteiger partial charge in [0.1, 0.15) is 11.6 Å². The number of hydrogen-bond acceptors (Lipinski definition) is 9. The van der Waals surface area contributed by atoms with Crippen molar-refractivity contribution in [2.75, 3.05) is 63.0 Å². The second-order valence-electron chi connectivity index (χ2n) is 8.84. The number of anilines is 3. The summed E-state index contributed by atoms with van der Waals surface area (Å²) >= 11 is 1.46. The Morgan fingerprint density at radius 1 is 0.973 bits per heavy atom. The Hall–Kier alpha value is -3.83. The SMILES string of the molecule is COc1cc(N2CCN(C)CC2)c(N)c(-c2cc(-n3c(SC)nnc3-c3ccc(F)cc3)ccn2)c1N. The minimum Gasteiger partial charge on any atom is -0.494 e. The van der Waals surface area contributed by atoms with Crippen LogP contribution in [0.2, 0.25) is 0 Å². The minimum atomic E-state index is -0.314. The fraction of sp³-hybridized carbons (Fsp3) is 0.269. The molecule has 2 aromatic heterocycles. The van der Waals surface area contributed by atoms with Crippen LogP contribution in [0.4, 0.5) is 21.5 Å². The fourth-order valence-electron chi connectivity index (χ4n) is 4.55. The van der Waals surface area contributed by atoms with Gasteiger partial charge < -0.3 is 26.0 Å². The summed E-state index contributed by atoms with van der Waals surface area (Å²) in [4.78, 5) is 9.17. The van der Waals surface area contributed by atoms with E-state index < -0.39 is 0 Å². The van der Waals surface area contributed by atoms with Crippen molar-refractivity contribution in [3.8, 4) is 34.1 Å². The van der Waals surface area contributed by atoms with Crippen LogP contribution in [0.5, 0.6) is 5.75 Å². The number of rotatable bonds is 6. The lowest BCUT2D eigenvalue weighted by Gasteiger charge is -2.35. The van der Waals surface area contributed by atoms with E-state index in [0.29, 0.717) is 39.4 Å². The van der Waals surface area contributed by atoms with Crippen molar-refractivity contribution in [3.05, 3.63) is 54.5 Å². The fourth-order valence-corrected chi connectivity index (χ4v) is 5.04. The summed E-state index contributed by atoms with van der Waals surface area (Å²) in [5.74, 6) is 0.823. The van der Waals surface area contributed by atoms with Crippen molar-refractivity contribution < 1.29 is 9.13 Å². The number of methoxy groups -OCH3 is 1. The van der Waals surface area contributed by atoms with E-state index in [4.69, 9.17) is 16.2 Å². The van der Waals surface area contributed by atoms with Gasteiger partial charge in [-0.2, -0.15) is 0 Å². The molecule has 1 aliphatic heterocycles. The number of benzene rings is 2. The van der Waals surface area contributed by atoms with E-state index in [0.717, 1.165) is 43.1 Å². The molecule has 9 nitrogen and oxygen atoms in total. The van der Waals surface area contributed by atoms with Crippen LogP contribution in [-0.2, 0) is 0 Å². The average molecular weight is 521 g/mol. The van der Waals surface area contributed by atoms with E-state index in [1.807, 2.05) is 29.0 Å². The molecule has 2 aromatic carbocycles. The van der Waals surface area contributed by atoms with Gasteiger partial charge in [0.25, 0.3) is 0 Å². The molecule has 3 heterocycles. The predicted molar refractivity (Wildman–Crippen MR) is 147 cm³/mol. The van der Waals surface area contributed by atoms with Crippen molar-refractivity contribution in [2.24, 2.45) is 0 Å². The monoisotopic (exact) mass is 520 g/mol. The zero-order valence-electron chi connectivity index (χ0n) is 21.0. The molecule has 1 saturated heterocycles. The number of thioether (sulfide) groups is 1. The summed E-state index contributed by atoms with van der Waals surface area (Å²) in [5, 5.41) is 9.40. The van der Waals surface area contributed by atoms with E-state index in [-0.39, 0.29) is 5.82 Å². The summed E-state index contributed by atoms with van der Waals surface area (Å²) in [6, 6.07) is 11.9. The molecule has 0 unspecified atom stereocenters. The molecule has 1 fully saturated rings. The molecule has 0 saturated carbocycles. The second kappa shape index (κ2) is 10.3. The van der Waals surface area contributed by atoms with Gasteiger partial charge in [-0.3, -0.25) is 9.55 Å². The summed E-state index contributed by atoms with van der Waals surface area (Å²) < 4.78 is 21.1. The van der Waals surface area contributed by atoms with Gasteiger partial charge in [-0.15, -0.1) is 10.2 Å². The quantitative estimate of drug-likeness (QED) is 0.290. The molecule has 0 amide bonds. The van der Waals surface area contributed by atoms with Gasteiger partial charge in [-0.1, -0.05) is 11.8 Å². The molecule has 0 spiro atoms. The van der Waals surface area contributed by atoms with Gasteiger partial charge in [0, 0.05) is 44.0 Å². The van der Waals surface area contributed by atoms with Crippen molar-refractivity contribution >= 4 is 28.8 Å². The molecule has 0 atom stereocenters. The lowest BCUT2D eigenvalue weighted by Crippen LogP contribution is -2.44. The van der Waals surface area contributed by atoms with Crippen molar-refractivity contribution in [1.29, 1.82) is 0 Å². The number of nitrogens with two attached hydrogens (primary N) is 2. The highest BCUT2D eigenvalue weighted by atomic mass is 32.2. The number of nitrogens with zero attached hydrogens (tertiary/aromatic N) is 6. The van der Waals surface area contributed by atoms with Gasteiger partial charge in [-0.25, -0.2) is 4.39 Å². The molecule has 5 rings (SSSR count). The molecule has 0 radical (unpaired) electrons. The van der Waals surface area contributed by atoms with Crippen LogP contribution in [-0.4, -0.2) is 71.2 Å². The normalized spacial score (nSPS) is 14.2. The van der Waals surface area contributed by atoms with Gasteiger partial charge in [-0.05, 0) is 49.7 Å². The van der Waals surface area contributed by atoms with Crippen LogP contribution in [0.15, 0.2) is 53.8 Å². The van der Waals surface area contributed by atoms with Crippen LogP contribution in [0.3, 0.4) is 0 Å². The second-order valence-corrected chi connectivity index (χ2v) is 9.62. The molecular weight excluding hydrogens is 491 g/mol. The van der Waals surface area contributed by atoms with Crippen molar-refractivity contribution in [2.45, 2.75) is 5.16 Å². The average Bonchev–Trinajstić information content (AvgIpc) is 3.34. The lowest BCUT2D eigenvalue weighted by atomic mass is 10.0. The summed E-state index contributed by atoms with van der Waals surface area (Å²) in [7, 11) is 3.71. The first-order valence-corrected chi connectivity index (χ1v) is 13.0. The third-order valence-electron chi connectivity index (χ3n) is 6.59. The molecule has 192 valence electrons. The molecular formula is C26H29FN8OS. The Kier molecular flexibility index (Phi) is 6.90. The molecule has 37 heavy (non-hydrogen) atoms. The lowest BCUT2D eigenvalue weighted by molar-refractivity contribution is 0.313. The number of aromatic nitrogens is 4. The van der Waals surface area contributed by atoms with Crippen molar-refractivity contribution in [1.82, 2.24) is 24.6 Å². The molecule has 11 heteroatoms. The summed E-state index contributed by atoms with van der Waals surface area (Å²) in [6.07, 6.45) is 3.63. The van der Waals surface area contributed by atoms with Crippen molar-refractivity contribution in [3.63, 3.8) is 0 Å². The standard InChI is InChI=1S/C26H29FN8OS/c1-33-10-12-34(13-11-33)20-15-21(36-2)24(29)22(23(20)28)19-14-18(8-9-30-19)35-25(31-32-26(35)37-3)16-4-6-17(27)7-5-16/h4-9,14-15H,10-13,28-29H2,1-3H3. The van der Waals surface area contributed by atoms with Gasteiger partial charge in [0.05, 0.1) is 41.1 Å². The molecule has 4 aromatic rings. The van der Waals surface area contributed by atoms with Gasteiger partial charge in [0.2, 0.25) is 0 Å². The number of hydrogen-bond donors (Lipinski definition) is 2. The zero-order valence-corrected chi connectivity index (χ0v) is 21.8. The van der Waals surface area contributed by atoms with Crippen LogP contribution in [0.1, 0.15) is 0 Å².